The van der Waals surface area contributed by atoms with Crippen LogP contribution < -0.4 is 0 Å². The fourth-order valence-electron chi connectivity index (χ4n) is 6.65. The van der Waals surface area contributed by atoms with Gasteiger partial charge in [-0.25, -0.2) is 9.78 Å². The fraction of sp³-hybridized carbons (Fsp3) is 1.00. The molecule has 0 aromatic carbocycles. The average molecular weight is 252 g/mol. The maximum Gasteiger partial charge on any atom is 0.205 e. The minimum Gasteiger partial charge on any atom is -0.363 e. The topological polar surface area (TPSA) is 38.7 Å². The lowest BCUT2D eigenvalue weighted by Gasteiger charge is -2.45. The summed E-state index contributed by atoms with van der Waals surface area (Å²) in [5.74, 6) is 0.174. The van der Waals surface area contributed by atoms with Gasteiger partial charge in [-0.3, -0.25) is 0 Å². The first-order chi connectivity index (χ1) is 8.24. The van der Waals surface area contributed by atoms with Gasteiger partial charge >= 0.3 is 0 Å². The molecule has 4 aliphatic rings. The second-order valence-corrected chi connectivity index (χ2v) is 8.26. The molecule has 0 aromatic heterocycles. The summed E-state index contributed by atoms with van der Waals surface area (Å²) < 4.78 is 0. The van der Waals surface area contributed by atoms with Crippen molar-refractivity contribution in [2.75, 3.05) is 0 Å². The molecule has 4 fully saturated rings. The molecule has 18 heavy (non-hydrogen) atoms. The molecule has 3 heteroatoms. The van der Waals surface area contributed by atoms with Crippen LogP contribution in [-0.2, 0) is 9.78 Å². The smallest absolute Gasteiger partial charge is 0.205 e. The highest BCUT2D eigenvalue weighted by atomic mass is 17.2. The van der Waals surface area contributed by atoms with E-state index in [-0.39, 0.29) is 22.3 Å². The van der Waals surface area contributed by atoms with Crippen LogP contribution in [0.3, 0.4) is 0 Å². The molecule has 0 unspecified atom stereocenters. The highest BCUT2D eigenvalue weighted by Crippen LogP contribution is 2.78. The highest BCUT2D eigenvalue weighted by Gasteiger charge is 2.82. The minimum atomic E-state index is -1.02. The Morgan fingerprint density at radius 3 is 2.50 bits per heavy atom. The molecule has 1 N–H and O–H groups in total. The Labute approximate surface area is 109 Å². The van der Waals surface area contributed by atoms with Crippen LogP contribution in [0.1, 0.15) is 53.4 Å². The molecule has 1 heterocycles. The molecule has 0 aromatic rings. The third-order valence-electron chi connectivity index (χ3n) is 6.81. The van der Waals surface area contributed by atoms with Crippen molar-refractivity contribution in [3.05, 3.63) is 0 Å². The van der Waals surface area contributed by atoms with Gasteiger partial charge in [0, 0.05) is 6.42 Å². The first-order valence-electron chi connectivity index (χ1n) is 7.33. The lowest BCUT2D eigenvalue weighted by atomic mass is 9.61. The Balaban J connectivity index is 1.94. The van der Waals surface area contributed by atoms with Crippen molar-refractivity contribution in [3.63, 3.8) is 0 Å². The van der Waals surface area contributed by atoms with Gasteiger partial charge < -0.3 is 5.11 Å². The van der Waals surface area contributed by atoms with E-state index in [2.05, 4.69) is 27.7 Å². The van der Waals surface area contributed by atoms with E-state index in [4.69, 9.17) is 9.78 Å². The van der Waals surface area contributed by atoms with Gasteiger partial charge in [0.2, 0.25) is 5.79 Å². The molecule has 4 rings (SSSR count). The SMILES string of the molecule is CC1(C)CCC[C@]2(C)[C@@H]3C[C@@]4(O)OO[C@](C)([C@@H]24)[C@@H]31. The summed E-state index contributed by atoms with van der Waals surface area (Å²) in [7, 11) is 0. The van der Waals surface area contributed by atoms with E-state index < -0.39 is 5.79 Å². The van der Waals surface area contributed by atoms with E-state index in [0.29, 0.717) is 11.8 Å². The molecule has 3 aliphatic carbocycles. The third kappa shape index (κ3) is 0.981. The molecule has 3 saturated carbocycles. The molecule has 102 valence electrons. The van der Waals surface area contributed by atoms with Crippen molar-refractivity contribution >= 4 is 0 Å². The van der Waals surface area contributed by atoms with Crippen LogP contribution in [0, 0.1) is 28.6 Å². The van der Waals surface area contributed by atoms with E-state index in [0.717, 1.165) is 6.42 Å². The maximum atomic E-state index is 10.7. The summed E-state index contributed by atoms with van der Waals surface area (Å²) >= 11 is 0. The number of hydrogen-bond donors (Lipinski definition) is 1. The molecule has 1 saturated heterocycles. The van der Waals surface area contributed by atoms with Crippen molar-refractivity contribution in [2.45, 2.75) is 64.8 Å². The first-order valence-corrected chi connectivity index (χ1v) is 7.33. The predicted octanol–water partition coefficient (Wildman–Crippen LogP) is 2.88. The minimum absolute atomic E-state index is 0.145. The van der Waals surface area contributed by atoms with Gasteiger partial charge in [0.05, 0.1) is 5.92 Å². The Morgan fingerprint density at radius 2 is 1.78 bits per heavy atom. The van der Waals surface area contributed by atoms with Crippen molar-refractivity contribution < 1.29 is 14.9 Å². The molecular formula is C15H24O3. The molecule has 0 radical (unpaired) electrons. The van der Waals surface area contributed by atoms with Crippen LogP contribution in [0.4, 0.5) is 0 Å². The predicted molar refractivity (Wildman–Crippen MR) is 66.4 cm³/mol. The van der Waals surface area contributed by atoms with Gasteiger partial charge in [-0.1, -0.05) is 27.2 Å². The van der Waals surface area contributed by atoms with Gasteiger partial charge in [-0.2, -0.15) is 0 Å². The summed E-state index contributed by atoms with van der Waals surface area (Å²) in [6.07, 6.45) is 4.48. The van der Waals surface area contributed by atoms with Gasteiger partial charge in [0.25, 0.3) is 0 Å². The molecule has 4 bridgehead atoms. The van der Waals surface area contributed by atoms with Gasteiger partial charge in [0.15, 0.2) is 0 Å². The number of aliphatic hydroxyl groups is 1. The van der Waals surface area contributed by atoms with Crippen molar-refractivity contribution in [3.8, 4) is 0 Å². The van der Waals surface area contributed by atoms with E-state index in [1.54, 1.807) is 0 Å². The summed E-state index contributed by atoms with van der Waals surface area (Å²) in [6, 6.07) is 0. The van der Waals surface area contributed by atoms with E-state index in [9.17, 15) is 5.11 Å². The van der Waals surface area contributed by atoms with Gasteiger partial charge in [0.1, 0.15) is 5.60 Å². The molecule has 6 atom stereocenters. The zero-order valence-electron chi connectivity index (χ0n) is 11.8. The Bertz CT molecular complexity index is 420. The zero-order valence-corrected chi connectivity index (χ0v) is 11.8. The van der Waals surface area contributed by atoms with Crippen molar-refractivity contribution in [2.24, 2.45) is 28.6 Å². The van der Waals surface area contributed by atoms with E-state index in [1.807, 2.05) is 0 Å². The Hall–Kier alpha value is -0.120. The maximum absolute atomic E-state index is 10.7. The normalized spacial score (nSPS) is 64.2. The molecule has 0 amide bonds. The van der Waals surface area contributed by atoms with Crippen LogP contribution >= 0.6 is 0 Å². The summed E-state index contributed by atoms with van der Waals surface area (Å²) in [6.45, 7) is 9.27. The molecular weight excluding hydrogens is 228 g/mol. The average Bonchev–Trinajstić information content (AvgIpc) is 2.60. The van der Waals surface area contributed by atoms with Crippen LogP contribution in [0.15, 0.2) is 0 Å². The largest absolute Gasteiger partial charge is 0.363 e. The first kappa shape index (κ1) is 11.7. The monoisotopic (exact) mass is 252 g/mol. The summed E-state index contributed by atoms with van der Waals surface area (Å²) in [5, 5.41) is 10.7. The second kappa shape index (κ2) is 2.82. The Morgan fingerprint density at radius 1 is 1.06 bits per heavy atom. The Kier molecular flexibility index (Phi) is 1.83. The fourth-order valence-corrected chi connectivity index (χ4v) is 6.65. The standard InChI is InChI=1S/C15H24O3/c1-12(2)6-5-7-13(3)9-8-15(16)11(13)14(4,10(9)12)17-18-15/h9-11,16H,5-8H2,1-4H3/t9-,10+,11-,13-,14+,15-/m1/s1. The quantitative estimate of drug-likeness (QED) is 0.674. The number of fused-ring (bicyclic) bond motifs is 1. The van der Waals surface area contributed by atoms with Crippen LogP contribution in [-0.4, -0.2) is 16.5 Å². The number of rotatable bonds is 0. The highest BCUT2D eigenvalue weighted by molar-refractivity contribution is 5.25. The molecule has 3 nitrogen and oxygen atoms in total. The second-order valence-electron chi connectivity index (χ2n) is 8.26. The van der Waals surface area contributed by atoms with Gasteiger partial charge in [-0.15, -0.1) is 0 Å². The lowest BCUT2D eigenvalue weighted by Crippen LogP contribution is -2.52. The third-order valence-corrected chi connectivity index (χ3v) is 6.81. The van der Waals surface area contributed by atoms with Crippen LogP contribution in [0.25, 0.3) is 0 Å². The molecule has 0 spiro atoms. The van der Waals surface area contributed by atoms with Crippen LogP contribution in [0.2, 0.25) is 0 Å². The zero-order chi connectivity index (χ0) is 13.0. The van der Waals surface area contributed by atoms with Crippen molar-refractivity contribution in [1.29, 1.82) is 0 Å². The lowest BCUT2D eigenvalue weighted by molar-refractivity contribution is -0.390. The van der Waals surface area contributed by atoms with Crippen LogP contribution in [0.5, 0.6) is 0 Å². The van der Waals surface area contributed by atoms with E-state index in [1.165, 1.54) is 19.3 Å². The summed E-state index contributed by atoms with van der Waals surface area (Å²) in [5.41, 5.74) is 0.176. The number of hydrogen-bond acceptors (Lipinski definition) is 3. The van der Waals surface area contributed by atoms with E-state index >= 15 is 0 Å². The van der Waals surface area contributed by atoms with Crippen molar-refractivity contribution in [1.82, 2.24) is 0 Å². The molecule has 1 aliphatic heterocycles. The van der Waals surface area contributed by atoms with Gasteiger partial charge in [-0.05, 0) is 42.4 Å². The summed E-state index contributed by atoms with van der Waals surface area (Å²) in [4.78, 5) is 11.2.